The second-order valence-electron chi connectivity index (χ2n) is 5.96. The van der Waals surface area contributed by atoms with Crippen LogP contribution in [0.1, 0.15) is 42.9 Å². The minimum atomic E-state index is 0.569. The third-order valence-electron chi connectivity index (χ3n) is 4.91. The molecule has 0 unspecified atom stereocenters. The Hall–Kier alpha value is -1.34. The van der Waals surface area contributed by atoms with Gasteiger partial charge in [-0.05, 0) is 29.9 Å². The third kappa shape index (κ3) is 1.88. The fourth-order valence-corrected chi connectivity index (χ4v) is 4.25. The van der Waals surface area contributed by atoms with Gasteiger partial charge in [-0.15, -0.1) is 13.2 Å². The Balaban J connectivity index is 2.08. The minimum Gasteiger partial charge on any atom is -0.289 e. The number of hydrogen-bond acceptors (Lipinski definition) is 1. The first-order valence-electron chi connectivity index (χ1n) is 7.34. The van der Waals surface area contributed by atoms with Crippen LogP contribution in [0.25, 0.3) is 0 Å². The quantitative estimate of drug-likeness (QED) is 0.723. The van der Waals surface area contributed by atoms with Crippen LogP contribution in [0.4, 0.5) is 0 Å². The fraction of sp³-hybridized carbons (Fsp3) is 0.444. The summed E-state index contributed by atoms with van der Waals surface area (Å²) in [4.78, 5) is 2.64. The van der Waals surface area contributed by atoms with Crippen molar-refractivity contribution in [3.63, 3.8) is 0 Å². The van der Waals surface area contributed by atoms with E-state index in [2.05, 4.69) is 55.3 Å². The minimum absolute atomic E-state index is 0.569. The van der Waals surface area contributed by atoms with Gasteiger partial charge in [0.05, 0.1) is 0 Å². The van der Waals surface area contributed by atoms with Crippen molar-refractivity contribution >= 4 is 0 Å². The van der Waals surface area contributed by atoms with E-state index in [1.807, 2.05) is 6.08 Å². The van der Waals surface area contributed by atoms with Crippen molar-refractivity contribution in [2.24, 2.45) is 5.92 Å². The normalized spacial score (nSPS) is 32.9. The number of piperidine rings is 1. The van der Waals surface area contributed by atoms with Crippen LogP contribution in [0.2, 0.25) is 0 Å². The average Bonchev–Trinajstić information content (AvgIpc) is 2.42. The van der Waals surface area contributed by atoms with Gasteiger partial charge in [-0.2, -0.15) is 0 Å². The molecule has 3 aliphatic rings. The Bertz CT molecular complexity index is 490. The zero-order chi connectivity index (χ0) is 13.4. The Labute approximate surface area is 116 Å². The second kappa shape index (κ2) is 4.97. The molecule has 1 heteroatoms. The number of fused-ring (bicyclic) bond motifs is 2. The summed E-state index contributed by atoms with van der Waals surface area (Å²) in [6.07, 6.45) is 6.48. The summed E-state index contributed by atoms with van der Waals surface area (Å²) in [6.45, 7) is 11.3. The maximum atomic E-state index is 3.96. The summed E-state index contributed by atoms with van der Waals surface area (Å²) in [6, 6.07) is 10.2. The van der Waals surface area contributed by atoms with E-state index in [0.717, 1.165) is 18.9 Å². The molecule has 2 aliphatic heterocycles. The smallest absolute Gasteiger partial charge is 0.0360 e. The molecular weight excluding hydrogens is 230 g/mol. The van der Waals surface area contributed by atoms with Gasteiger partial charge in [0.25, 0.3) is 0 Å². The lowest BCUT2D eigenvalue weighted by atomic mass is 9.64. The van der Waals surface area contributed by atoms with E-state index in [1.165, 1.54) is 6.42 Å². The van der Waals surface area contributed by atoms with Crippen LogP contribution in [0.5, 0.6) is 0 Å². The summed E-state index contributed by atoms with van der Waals surface area (Å²) >= 11 is 0. The van der Waals surface area contributed by atoms with Gasteiger partial charge in [-0.3, -0.25) is 4.90 Å². The number of hydrogen-bond donors (Lipinski definition) is 0. The van der Waals surface area contributed by atoms with Crippen molar-refractivity contribution in [2.45, 2.75) is 37.8 Å². The lowest BCUT2D eigenvalue weighted by molar-refractivity contribution is 0.0281. The summed E-state index contributed by atoms with van der Waals surface area (Å²) in [5, 5.41) is 0. The molecule has 0 radical (unpaired) electrons. The highest BCUT2D eigenvalue weighted by Crippen LogP contribution is 2.53. The van der Waals surface area contributed by atoms with Gasteiger partial charge in [0.1, 0.15) is 0 Å². The molecule has 1 nitrogen and oxygen atoms in total. The Kier molecular flexibility index (Phi) is 3.32. The third-order valence-corrected chi connectivity index (χ3v) is 4.91. The van der Waals surface area contributed by atoms with Crippen molar-refractivity contribution in [1.29, 1.82) is 0 Å². The number of benzene rings is 1. The molecule has 4 atom stereocenters. The van der Waals surface area contributed by atoms with Crippen LogP contribution >= 0.6 is 0 Å². The average molecular weight is 253 g/mol. The highest BCUT2D eigenvalue weighted by atomic mass is 15.2. The highest BCUT2D eigenvalue weighted by molar-refractivity contribution is 5.40. The van der Waals surface area contributed by atoms with Gasteiger partial charge in [-0.1, -0.05) is 43.3 Å². The number of nitrogens with zero attached hydrogens (tertiary/aromatic N) is 1. The van der Waals surface area contributed by atoms with Gasteiger partial charge >= 0.3 is 0 Å². The molecule has 0 amide bonds. The van der Waals surface area contributed by atoms with Crippen molar-refractivity contribution in [3.8, 4) is 0 Å². The molecule has 1 aromatic rings. The van der Waals surface area contributed by atoms with Gasteiger partial charge in [0, 0.05) is 24.5 Å². The lowest BCUT2D eigenvalue weighted by Crippen LogP contribution is -2.52. The van der Waals surface area contributed by atoms with Gasteiger partial charge < -0.3 is 0 Å². The van der Waals surface area contributed by atoms with E-state index >= 15 is 0 Å². The van der Waals surface area contributed by atoms with Gasteiger partial charge in [0.2, 0.25) is 0 Å². The molecule has 2 bridgehead atoms. The topological polar surface area (TPSA) is 3.24 Å². The van der Waals surface area contributed by atoms with Crippen LogP contribution in [0, 0.1) is 5.92 Å². The van der Waals surface area contributed by atoms with Crippen molar-refractivity contribution in [1.82, 2.24) is 4.90 Å². The van der Waals surface area contributed by atoms with Crippen LogP contribution in [-0.4, -0.2) is 17.5 Å². The van der Waals surface area contributed by atoms with E-state index in [9.17, 15) is 0 Å². The molecule has 0 N–H and O–H groups in total. The molecule has 1 saturated heterocycles. The maximum Gasteiger partial charge on any atom is 0.0360 e. The van der Waals surface area contributed by atoms with Crippen molar-refractivity contribution in [2.75, 3.05) is 6.54 Å². The summed E-state index contributed by atoms with van der Waals surface area (Å²) < 4.78 is 0. The standard InChI is InChI=1S/C18H23N/c1-4-8-16-18-13(3)12-17(19(16)11-5-2)14-9-6-7-10-15(14)18/h4-7,9-10,13,16-18H,1-2,8,11-12H2,3H3/t13-,16+,17-,18-/m1/s1. The van der Waals surface area contributed by atoms with Gasteiger partial charge in [-0.25, -0.2) is 0 Å². The van der Waals surface area contributed by atoms with E-state index in [-0.39, 0.29) is 0 Å². The van der Waals surface area contributed by atoms with E-state index < -0.39 is 0 Å². The number of rotatable bonds is 4. The molecule has 2 heterocycles. The molecule has 4 rings (SSSR count). The molecule has 1 fully saturated rings. The maximum absolute atomic E-state index is 3.96. The van der Waals surface area contributed by atoms with E-state index in [1.54, 1.807) is 11.1 Å². The first-order chi connectivity index (χ1) is 9.27. The first kappa shape index (κ1) is 12.7. The van der Waals surface area contributed by atoms with E-state index in [4.69, 9.17) is 0 Å². The van der Waals surface area contributed by atoms with Crippen molar-refractivity contribution < 1.29 is 0 Å². The predicted octanol–water partition coefficient (Wildman–Crippen LogP) is 4.30. The zero-order valence-electron chi connectivity index (χ0n) is 11.8. The van der Waals surface area contributed by atoms with Crippen molar-refractivity contribution in [3.05, 3.63) is 60.7 Å². The van der Waals surface area contributed by atoms with Crippen LogP contribution in [0.15, 0.2) is 49.6 Å². The first-order valence-corrected chi connectivity index (χ1v) is 7.34. The second-order valence-corrected chi connectivity index (χ2v) is 5.96. The van der Waals surface area contributed by atoms with Crippen LogP contribution < -0.4 is 0 Å². The summed E-state index contributed by atoms with van der Waals surface area (Å²) in [5.41, 5.74) is 3.13. The molecule has 19 heavy (non-hydrogen) atoms. The predicted molar refractivity (Wildman–Crippen MR) is 81.2 cm³/mol. The molecule has 0 aromatic heterocycles. The zero-order valence-corrected chi connectivity index (χ0v) is 11.8. The van der Waals surface area contributed by atoms with Gasteiger partial charge in [0.15, 0.2) is 0 Å². The fourth-order valence-electron chi connectivity index (χ4n) is 4.25. The molecular formula is C18H23N. The molecule has 100 valence electrons. The SMILES string of the molecule is C=CC[C@H]1[C@H]2c3ccccc3[C@@H](C[C@H]2C)N1CC=C. The molecule has 1 aliphatic carbocycles. The Morgan fingerprint density at radius 3 is 2.63 bits per heavy atom. The van der Waals surface area contributed by atoms with Crippen LogP contribution in [-0.2, 0) is 0 Å². The van der Waals surface area contributed by atoms with E-state index in [0.29, 0.717) is 18.0 Å². The Morgan fingerprint density at radius 2 is 1.95 bits per heavy atom. The molecule has 0 spiro atoms. The summed E-state index contributed by atoms with van der Waals surface area (Å²) in [7, 11) is 0. The molecule has 0 saturated carbocycles. The largest absolute Gasteiger partial charge is 0.289 e. The monoisotopic (exact) mass is 253 g/mol. The molecule has 1 aromatic carbocycles. The highest BCUT2D eigenvalue weighted by Gasteiger charge is 2.47. The Morgan fingerprint density at radius 1 is 1.21 bits per heavy atom. The lowest BCUT2D eigenvalue weighted by Gasteiger charge is -2.55. The summed E-state index contributed by atoms with van der Waals surface area (Å²) in [5.74, 6) is 1.42. The van der Waals surface area contributed by atoms with Crippen LogP contribution in [0.3, 0.4) is 0 Å².